The van der Waals surface area contributed by atoms with Crippen molar-refractivity contribution >= 4 is 13.2 Å². The minimum absolute atomic E-state index is 0.00870. The molecular weight excluding hydrogens is 153 g/mol. The summed E-state index contributed by atoms with van der Waals surface area (Å²) < 4.78 is 0. The maximum absolute atomic E-state index is 4.41. The van der Waals surface area contributed by atoms with E-state index < -0.39 is 0 Å². The van der Waals surface area contributed by atoms with Crippen molar-refractivity contribution < 1.29 is 0 Å². The molecular formula is C9H14NP. The van der Waals surface area contributed by atoms with Crippen LogP contribution in [-0.4, -0.2) is 18.3 Å². The summed E-state index contributed by atoms with van der Waals surface area (Å²) in [6, 6.07) is 4.29. The Hall–Kier alpha value is -0.420. The molecule has 0 amide bonds. The fourth-order valence-electron chi connectivity index (χ4n) is 1.15. The van der Waals surface area contributed by atoms with Crippen molar-refractivity contribution in [3.8, 4) is 0 Å². The predicted octanol–water partition coefficient (Wildman–Crippen LogP) is 2.07. The standard InChI is InChI=1S/C9H14NP/c1-7-5-6-9(11(3)4)8(2)10-7/h5-6H,1-4H3. The molecule has 0 bridgehead atoms. The average Bonchev–Trinajstić information content (AvgIpc) is 1.85. The fraction of sp³-hybridized carbons (Fsp3) is 0.444. The van der Waals surface area contributed by atoms with Gasteiger partial charge >= 0.3 is 0 Å². The first kappa shape index (κ1) is 8.67. The Morgan fingerprint density at radius 1 is 1.18 bits per heavy atom. The molecule has 1 rings (SSSR count). The molecule has 0 aromatic carbocycles. The quantitative estimate of drug-likeness (QED) is 0.583. The maximum atomic E-state index is 4.41. The molecule has 0 N–H and O–H groups in total. The Morgan fingerprint density at radius 3 is 2.27 bits per heavy atom. The van der Waals surface area contributed by atoms with Gasteiger partial charge in [0.1, 0.15) is 0 Å². The fourth-order valence-corrected chi connectivity index (χ4v) is 2.22. The lowest BCUT2D eigenvalue weighted by Crippen LogP contribution is -2.06. The van der Waals surface area contributed by atoms with Gasteiger partial charge in [-0.3, -0.25) is 4.98 Å². The largest absolute Gasteiger partial charge is 0.258 e. The molecule has 0 unspecified atom stereocenters. The lowest BCUT2D eigenvalue weighted by Gasteiger charge is -2.08. The summed E-state index contributed by atoms with van der Waals surface area (Å²) in [5, 5.41) is 1.42. The summed E-state index contributed by atoms with van der Waals surface area (Å²) in [5.74, 6) is 0. The van der Waals surface area contributed by atoms with Crippen molar-refractivity contribution in [1.82, 2.24) is 4.98 Å². The van der Waals surface area contributed by atoms with E-state index in [-0.39, 0.29) is 7.92 Å². The topological polar surface area (TPSA) is 12.9 Å². The van der Waals surface area contributed by atoms with E-state index in [4.69, 9.17) is 0 Å². The number of hydrogen-bond acceptors (Lipinski definition) is 1. The number of pyridine rings is 1. The molecule has 11 heavy (non-hydrogen) atoms. The van der Waals surface area contributed by atoms with Crippen LogP contribution in [0, 0.1) is 13.8 Å². The first-order valence-corrected chi connectivity index (χ1v) is 5.96. The second-order valence-corrected chi connectivity index (χ2v) is 5.22. The molecule has 0 saturated heterocycles. The SMILES string of the molecule is Cc1ccc(P(C)C)c(C)n1. The van der Waals surface area contributed by atoms with Crippen LogP contribution in [0.1, 0.15) is 11.4 Å². The highest BCUT2D eigenvalue weighted by atomic mass is 31.1. The van der Waals surface area contributed by atoms with Crippen LogP contribution in [0.2, 0.25) is 0 Å². The second kappa shape index (κ2) is 3.32. The third-order valence-corrected chi connectivity index (χ3v) is 3.12. The molecule has 0 aliphatic rings. The average molecular weight is 167 g/mol. The van der Waals surface area contributed by atoms with Crippen LogP contribution >= 0.6 is 7.92 Å². The molecule has 1 aromatic rings. The number of nitrogens with zero attached hydrogens (tertiary/aromatic N) is 1. The van der Waals surface area contributed by atoms with Gasteiger partial charge in [0.25, 0.3) is 0 Å². The number of aromatic nitrogens is 1. The van der Waals surface area contributed by atoms with Gasteiger partial charge in [-0.1, -0.05) is 14.0 Å². The lowest BCUT2D eigenvalue weighted by atomic mass is 10.3. The van der Waals surface area contributed by atoms with E-state index in [1.807, 2.05) is 6.92 Å². The van der Waals surface area contributed by atoms with Crippen LogP contribution < -0.4 is 5.30 Å². The van der Waals surface area contributed by atoms with Gasteiger partial charge in [0, 0.05) is 11.4 Å². The molecule has 0 atom stereocenters. The highest BCUT2D eigenvalue weighted by molar-refractivity contribution is 7.64. The second-order valence-electron chi connectivity index (χ2n) is 2.95. The number of rotatable bonds is 1. The highest BCUT2D eigenvalue weighted by Gasteiger charge is 2.02. The van der Waals surface area contributed by atoms with Crippen molar-refractivity contribution in [3.05, 3.63) is 23.5 Å². The van der Waals surface area contributed by atoms with Crippen LogP contribution in [0.5, 0.6) is 0 Å². The molecule has 0 spiro atoms. The third kappa shape index (κ3) is 2.00. The summed E-state index contributed by atoms with van der Waals surface area (Å²) in [4.78, 5) is 4.41. The summed E-state index contributed by atoms with van der Waals surface area (Å²) in [5.41, 5.74) is 2.31. The van der Waals surface area contributed by atoms with E-state index in [1.54, 1.807) is 0 Å². The van der Waals surface area contributed by atoms with Crippen molar-refractivity contribution in [3.63, 3.8) is 0 Å². The van der Waals surface area contributed by atoms with E-state index in [2.05, 4.69) is 37.4 Å². The van der Waals surface area contributed by atoms with E-state index in [1.165, 1.54) is 11.0 Å². The molecule has 60 valence electrons. The van der Waals surface area contributed by atoms with Gasteiger partial charge in [-0.25, -0.2) is 0 Å². The normalized spacial score (nSPS) is 10.6. The van der Waals surface area contributed by atoms with Gasteiger partial charge in [-0.15, -0.1) is 0 Å². The van der Waals surface area contributed by atoms with Gasteiger partial charge in [0.2, 0.25) is 0 Å². The predicted molar refractivity (Wildman–Crippen MR) is 52.1 cm³/mol. The minimum atomic E-state index is 0.00870. The van der Waals surface area contributed by atoms with Crippen LogP contribution in [-0.2, 0) is 0 Å². The maximum Gasteiger partial charge on any atom is 0.0452 e. The van der Waals surface area contributed by atoms with Gasteiger partial charge in [0.05, 0.1) is 0 Å². The molecule has 1 nitrogen and oxygen atoms in total. The first-order valence-electron chi connectivity index (χ1n) is 3.73. The van der Waals surface area contributed by atoms with Crippen LogP contribution in [0.25, 0.3) is 0 Å². The Morgan fingerprint density at radius 2 is 1.82 bits per heavy atom. The zero-order valence-electron chi connectivity index (χ0n) is 7.55. The molecule has 0 radical (unpaired) electrons. The molecule has 1 aromatic heterocycles. The summed E-state index contributed by atoms with van der Waals surface area (Å²) in [7, 11) is 0.00870. The summed E-state index contributed by atoms with van der Waals surface area (Å²) in [6.45, 7) is 8.64. The van der Waals surface area contributed by atoms with E-state index in [0.29, 0.717) is 0 Å². The lowest BCUT2D eigenvalue weighted by molar-refractivity contribution is 1.14. The van der Waals surface area contributed by atoms with Gasteiger partial charge in [-0.2, -0.15) is 0 Å². The van der Waals surface area contributed by atoms with Crippen LogP contribution in [0.15, 0.2) is 12.1 Å². The van der Waals surface area contributed by atoms with E-state index in [9.17, 15) is 0 Å². The van der Waals surface area contributed by atoms with Crippen molar-refractivity contribution in [2.75, 3.05) is 13.3 Å². The molecule has 0 fully saturated rings. The van der Waals surface area contributed by atoms with Crippen molar-refractivity contribution in [1.29, 1.82) is 0 Å². The van der Waals surface area contributed by atoms with Crippen molar-refractivity contribution in [2.24, 2.45) is 0 Å². The molecule has 2 heteroatoms. The van der Waals surface area contributed by atoms with Crippen LogP contribution in [0.4, 0.5) is 0 Å². The Kier molecular flexibility index (Phi) is 2.62. The third-order valence-electron chi connectivity index (χ3n) is 1.68. The Balaban J connectivity index is 3.09. The number of hydrogen-bond donors (Lipinski definition) is 0. The zero-order chi connectivity index (χ0) is 8.43. The van der Waals surface area contributed by atoms with Gasteiger partial charge < -0.3 is 0 Å². The molecule has 0 aliphatic heterocycles. The van der Waals surface area contributed by atoms with Gasteiger partial charge in [0.15, 0.2) is 0 Å². The van der Waals surface area contributed by atoms with Gasteiger partial charge in [-0.05, 0) is 38.5 Å². The Labute approximate surface area is 69.6 Å². The summed E-state index contributed by atoms with van der Waals surface area (Å²) >= 11 is 0. The van der Waals surface area contributed by atoms with E-state index >= 15 is 0 Å². The molecule has 0 aliphatic carbocycles. The molecule has 1 heterocycles. The smallest absolute Gasteiger partial charge is 0.0452 e. The highest BCUT2D eigenvalue weighted by Crippen LogP contribution is 2.24. The monoisotopic (exact) mass is 167 g/mol. The Bertz CT molecular complexity index is 256. The number of aryl methyl sites for hydroxylation is 2. The van der Waals surface area contributed by atoms with Crippen LogP contribution in [0.3, 0.4) is 0 Å². The minimum Gasteiger partial charge on any atom is -0.258 e. The summed E-state index contributed by atoms with van der Waals surface area (Å²) in [6.07, 6.45) is 0. The van der Waals surface area contributed by atoms with Crippen molar-refractivity contribution in [2.45, 2.75) is 13.8 Å². The first-order chi connectivity index (χ1) is 5.11. The molecule has 0 saturated carbocycles. The zero-order valence-corrected chi connectivity index (χ0v) is 8.44. The van der Waals surface area contributed by atoms with E-state index in [0.717, 1.165) is 5.69 Å².